The van der Waals surface area contributed by atoms with Crippen LogP contribution in [0.2, 0.25) is 0 Å². The molecule has 0 saturated carbocycles. The Bertz CT molecular complexity index is 160. The lowest BCUT2D eigenvalue weighted by molar-refractivity contribution is -0.149. The molecule has 0 aromatic carbocycles. The van der Waals surface area contributed by atoms with Crippen LogP contribution in [0.15, 0.2) is 0 Å². The predicted molar refractivity (Wildman–Crippen MR) is 28.6 cm³/mol. The molecule has 0 N–H and O–H groups in total. The quantitative estimate of drug-likeness (QED) is 0.348. The zero-order chi connectivity index (χ0) is 6.48. The Labute approximate surface area is 52.9 Å². The van der Waals surface area contributed by atoms with Gasteiger partial charge in [-0.3, -0.25) is 4.79 Å². The Balaban J connectivity index is 2.14. The number of carbonyl (C=O) groups is 1. The maximum absolute atomic E-state index is 10.7. The lowest BCUT2D eigenvalue weighted by Gasteiger charge is -1.96. The van der Waals surface area contributed by atoms with Crippen molar-refractivity contribution in [3.8, 4) is 0 Å². The topological polar surface area (TPSA) is 38.8 Å². The van der Waals surface area contributed by atoms with Gasteiger partial charge in [0, 0.05) is 6.42 Å². The van der Waals surface area contributed by atoms with E-state index in [9.17, 15) is 4.79 Å². The molecular weight excluding hydrogens is 120 g/mol. The molecule has 9 heavy (non-hydrogen) atoms. The average Bonchev–Trinajstić information content (AvgIpc) is 2.42. The largest absolute Gasteiger partial charge is 0.430 e. The third kappa shape index (κ3) is 0.645. The van der Waals surface area contributed by atoms with Crippen LogP contribution in [0.5, 0.6) is 0 Å². The lowest BCUT2D eigenvalue weighted by Crippen LogP contribution is -2.08. The maximum Gasteiger partial charge on any atom is 0.311 e. The van der Waals surface area contributed by atoms with Crippen LogP contribution in [-0.2, 0) is 14.3 Å². The molecule has 2 saturated heterocycles. The van der Waals surface area contributed by atoms with Crippen molar-refractivity contribution < 1.29 is 14.3 Å². The molecule has 0 aromatic rings. The fourth-order valence-electron chi connectivity index (χ4n) is 1.13. The van der Waals surface area contributed by atoms with Gasteiger partial charge < -0.3 is 9.47 Å². The Kier molecular flexibility index (Phi) is 0.750. The Hall–Kier alpha value is -0.570. The van der Waals surface area contributed by atoms with E-state index in [0.717, 1.165) is 6.42 Å². The first-order valence-corrected chi connectivity index (χ1v) is 3.09. The highest BCUT2D eigenvalue weighted by Gasteiger charge is 2.56. The standard InChI is InChI=1S/C6H8O3/c1-4-2-6(3-8-6)9-5(4)7/h4H,2-3H2,1H3. The number of hydrogen-bond acceptors (Lipinski definition) is 3. The van der Waals surface area contributed by atoms with Crippen molar-refractivity contribution in [3.05, 3.63) is 0 Å². The molecule has 2 unspecified atom stereocenters. The first-order chi connectivity index (χ1) is 4.22. The van der Waals surface area contributed by atoms with Gasteiger partial charge in [-0.15, -0.1) is 0 Å². The highest BCUT2D eigenvalue weighted by molar-refractivity contribution is 5.75. The highest BCUT2D eigenvalue weighted by Crippen LogP contribution is 2.41. The van der Waals surface area contributed by atoms with Crippen LogP contribution in [0.3, 0.4) is 0 Å². The minimum atomic E-state index is -0.462. The normalized spacial score (nSPS) is 47.7. The molecule has 2 fully saturated rings. The van der Waals surface area contributed by atoms with E-state index < -0.39 is 5.79 Å². The van der Waals surface area contributed by atoms with Gasteiger partial charge in [0.05, 0.1) is 5.92 Å². The van der Waals surface area contributed by atoms with E-state index in [2.05, 4.69) is 0 Å². The lowest BCUT2D eigenvalue weighted by atomic mass is 10.1. The van der Waals surface area contributed by atoms with Gasteiger partial charge in [-0.25, -0.2) is 0 Å². The second kappa shape index (κ2) is 1.29. The van der Waals surface area contributed by atoms with Crippen LogP contribution >= 0.6 is 0 Å². The summed E-state index contributed by atoms with van der Waals surface area (Å²) in [5, 5.41) is 0. The smallest absolute Gasteiger partial charge is 0.311 e. The van der Waals surface area contributed by atoms with Gasteiger partial charge >= 0.3 is 5.97 Å². The molecule has 50 valence electrons. The van der Waals surface area contributed by atoms with Crippen molar-refractivity contribution in [1.29, 1.82) is 0 Å². The highest BCUT2D eigenvalue weighted by atomic mass is 16.8. The SMILES string of the molecule is CC1CC2(CO2)OC1=O. The van der Waals surface area contributed by atoms with E-state index in [1.807, 2.05) is 6.92 Å². The molecule has 2 aliphatic rings. The summed E-state index contributed by atoms with van der Waals surface area (Å²) < 4.78 is 9.87. The van der Waals surface area contributed by atoms with Crippen molar-refractivity contribution in [1.82, 2.24) is 0 Å². The van der Waals surface area contributed by atoms with Crippen molar-refractivity contribution in [2.45, 2.75) is 19.1 Å². The molecule has 0 aliphatic carbocycles. The van der Waals surface area contributed by atoms with E-state index >= 15 is 0 Å². The summed E-state index contributed by atoms with van der Waals surface area (Å²) in [6.07, 6.45) is 0.742. The first-order valence-electron chi connectivity index (χ1n) is 3.09. The molecular formula is C6H8O3. The Morgan fingerprint density at radius 2 is 2.44 bits per heavy atom. The maximum atomic E-state index is 10.7. The fourth-order valence-corrected chi connectivity index (χ4v) is 1.13. The number of hydrogen-bond donors (Lipinski definition) is 0. The van der Waals surface area contributed by atoms with E-state index in [-0.39, 0.29) is 11.9 Å². The average molecular weight is 128 g/mol. The van der Waals surface area contributed by atoms with Crippen LogP contribution < -0.4 is 0 Å². The van der Waals surface area contributed by atoms with Gasteiger partial charge in [0.15, 0.2) is 0 Å². The molecule has 3 nitrogen and oxygen atoms in total. The molecule has 0 amide bonds. The van der Waals surface area contributed by atoms with E-state index in [1.54, 1.807) is 0 Å². The summed E-state index contributed by atoms with van der Waals surface area (Å²) in [4.78, 5) is 10.7. The van der Waals surface area contributed by atoms with Crippen LogP contribution in [-0.4, -0.2) is 18.4 Å². The van der Waals surface area contributed by atoms with Crippen LogP contribution in [0.1, 0.15) is 13.3 Å². The molecule has 2 atom stereocenters. The van der Waals surface area contributed by atoms with Gasteiger partial charge in [-0.1, -0.05) is 6.92 Å². The van der Waals surface area contributed by atoms with E-state index in [0.29, 0.717) is 6.61 Å². The molecule has 0 radical (unpaired) electrons. The summed E-state index contributed by atoms with van der Waals surface area (Å²) in [6, 6.07) is 0. The van der Waals surface area contributed by atoms with Crippen molar-refractivity contribution in [2.24, 2.45) is 5.92 Å². The number of ether oxygens (including phenoxy) is 2. The van der Waals surface area contributed by atoms with E-state index in [4.69, 9.17) is 9.47 Å². The second-order valence-electron chi connectivity index (χ2n) is 2.73. The minimum absolute atomic E-state index is 0.0347. The van der Waals surface area contributed by atoms with Crippen LogP contribution in [0.4, 0.5) is 0 Å². The number of rotatable bonds is 0. The summed E-state index contributed by atoms with van der Waals surface area (Å²) in [7, 11) is 0. The van der Waals surface area contributed by atoms with Crippen LogP contribution in [0.25, 0.3) is 0 Å². The van der Waals surface area contributed by atoms with Gasteiger partial charge in [-0.05, 0) is 0 Å². The monoisotopic (exact) mass is 128 g/mol. The Morgan fingerprint density at radius 3 is 2.67 bits per heavy atom. The summed E-state index contributed by atoms with van der Waals surface area (Å²) in [5.41, 5.74) is 0. The minimum Gasteiger partial charge on any atom is -0.430 e. The number of epoxide rings is 1. The fraction of sp³-hybridized carbons (Fsp3) is 0.833. The molecule has 2 aliphatic heterocycles. The second-order valence-corrected chi connectivity index (χ2v) is 2.73. The third-order valence-corrected chi connectivity index (χ3v) is 1.77. The van der Waals surface area contributed by atoms with Crippen molar-refractivity contribution in [3.63, 3.8) is 0 Å². The summed E-state index contributed by atoms with van der Waals surface area (Å²) >= 11 is 0. The molecule has 2 heterocycles. The first kappa shape index (κ1) is 5.23. The molecule has 0 aromatic heterocycles. The number of esters is 1. The van der Waals surface area contributed by atoms with Gasteiger partial charge in [0.1, 0.15) is 6.61 Å². The van der Waals surface area contributed by atoms with Gasteiger partial charge in [0.2, 0.25) is 5.79 Å². The van der Waals surface area contributed by atoms with Crippen LogP contribution in [0, 0.1) is 5.92 Å². The van der Waals surface area contributed by atoms with Crippen molar-refractivity contribution >= 4 is 5.97 Å². The molecule has 0 bridgehead atoms. The zero-order valence-electron chi connectivity index (χ0n) is 5.22. The molecule has 3 heteroatoms. The third-order valence-electron chi connectivity index (χ3n) is 1.77. The number of carbonyl (C=O) groups excluding carboxylic acids is 1. The summed E-state index contributed by atoms with van der Waals surface area (Å²) in [5.74, 6) is -0.545. The summed E-state index contributed by atoms with van der Waals surface area (Å²) in [6.45, 7) is 2.46. The van der Waals surface area contributed by atoms with Crippen molar-refractivity contribution in [2.75, 3.05) is 6.61 Å². The Morgan fingerprint density at radius 1 is 1.78 bits per heavy atom. The van der Waals surface area contributed by atoms with Gasteiger partial charge in [0.25, 0.3) is 0 Å². The van der Waals surface area contributed by atoms with Gasteiger partial charge in [-0.2, -0.15) is 0 Å². The van der Waals surface area contributed by atoms with E-state index in [1.165, 1.54) is 0 Å². The predicted octanol–water partition coefficient (Wildman–Crippen LogP) is 0.296. The zero-order valence-corrected chi connectivity index (χ0v) is 5.22. The molecule has 2 rings (SSSR count). The molecule has 1 spiro atoms.